The van der Waals surface area contributed by atoms with Gasteiger partial charge in [-0.2, -0.15) is 0 Å². The van der Waals surface area contributed by atoms with Crippen molar-refractivity contribution in [2.45, 2.75) is 52.7 Å². The second-order valence-corrected chi connectivity index (χ2v) is 9.07. The molecule has 0 aromatic heterocycles. The van der Waals surface area contributed by atoms with Crippen LogP contribution in [0.5, 0.6) is 11.5 Å². The van der Waals surface area contributed by atoms with Crippen LogP contribution in [0.15, 0.2) is 18.2 Å². The number of amides is 2. The smallest absolute Gasteiger partial charge is 0.410 e. The molecule has 0 radical (unpaired) electrons. The molecule has 1 saturated heterocycles. The standard InChI is InChI=1S/C23H34N2O5/c1-14(2)18-7-5-15(3)9-20(18)30-23(28)25-12-17(13-25)22(27)24-11-16-6-8-19(26)21(10-16)29-4/h6,8,10,14-15,17-18,20,26H,5,7,9,11-13H2,1-4H3,(H,24,27)/t15-,18+,20-/m1/s1. The Morgan fingerprint density at radius 2 is 2.00 bits per heavy atom. The predicted molar refractivity (Wildman–Crippen MR) is 113 cm³/mol. The fourth-order valence-corrected chi connectivity index (χ4v) is 4.41. The Morgan fingerprint density at radius 1 is 1.27 bits per heavy atom. The summed E-state index contributed by atoms with van der Waals surface area (Å²) in [5.74, 6) is 1.60. The van der Waals surface area contributed by atoms with Gasteiger partial charge >= 0.3 is 6.09 Å². The largest absolute Gasteiger partial charge is 0.504 e. The minimum Gasteiger partial charge on any atom is -0.504 e. The van der Waals surface area contributed by atoms with Crippen molar-refractivity contribution in [1.82, 2.24) is 10.2 Å². The van der Waals surface area contributed by atoms with Crippen molar-refractivity contribution < 1.29 is 24.2 Å². The van der Waals surface area contributed by atoms with Crippen LogP contribution in [0.2, 0.25) is 0 Å². The fraction of sp³-hybridized carbons (Fsp3) is 0.652. The quantitative estimate of drug-likeness (QED) is 0.738. The zero-order chi connectivity index (χ0) is 21.8. The van der Waals surface area contributed by atoms with Gasteiger partial charge in [0.1, 0.15) is 6.10 Å². The molecule has 1 heterocycles. The van der Waals surface area contributed by atoms with Crippen molar-refractivity contribution in [3.63, 3.8) is 0 Å². The van der Waals surface area contributed by atoms with Gasteiger partial charge in [0, 0.05) is 19.6 Å². The summed E-state index contributed by atoms with van der Waals surface area (Å²) in [5.41, 5.74) is 0.833. The van der Waals surface area contributed by atoms with Crippen LogP contribution < -0.4 is 10.1 Å². The molecule has 2 amide bonds. The number of benzene rings is 1. The summed E-state index contributed by atoms with van der Waals surface area (Å²) in [6.45, 7) is 7.71. The summed E-state index contributed by atoms with van der Waals surface area (Å²) in [7, 11) is 1.48. The number of carbonyl (C=O) groups excluding carboxylic acids is 2. The maximum absolute atomic E-state index is 12.6. The average Bonchev–Trinajstić information content (AvgIpc) is 2.66. The Kier molecular flexibility index (Phi) is 7.10. The Balaban J connectivity index is 1.44. The van der Waals surface area contributed by atoms with Gasteiger partial charge in [-0.05, 0) is 48.3 Å². The average molecular weight is 419 g/mol. The van der Waals surface area contributed by atoms with Gasteiger partial charge in [0.15, 0.2) is 11.5 Å². The Morgan fingerprint density at radius 3 is 2.67 bits per heavy atom. The lowest BCUT2D eigenvalue weighted by atomic mass is 9.75. The van der Waals surface area contributed by atoms with Crippen LogP contribution in [0.25, 0.3) is 0 Å². The van der Waals surface area contributed by atoms with Gasteiger partial charge < -0.3 is 24.8 Å². The summed E-state index contributed by atoms with van der Waals surface area (Å²) in [6, 6.07) is 4.97. The highest BCUT2D eigenvalue weighted by Crippen LogP contribution is 2.36. The highest BCUT2D eigenvalue weighted by molar-refractivity contribution is 5.82. The highest BCUT2D eigenvalue weighted by Gasteiger charge is 2.39. The number of nitrogens with zero attached hydrogens (tertiary/aromatic N) is 1. The van der Waals surface area contributed by atoms with Gasteiger partial charge in [-0.15, -0.1) is 0 Å². The number of likely N-dealkylation sites (tertiary alicyclic amines) is 1. The molecule has 1 saturated carbocycles. The van der Waals surface area contributed by atoms with E-state index in [9.17, 15) is 14.7 Å². The van der Waals surface area contributed by atoms with Crippen molar-refractivity contribution in [2.75, 3.05) is 20.2 Å². The van der Waals surface area contributed by atoms with E-state index in [1.54, 1.807) is 17.0 Å². The second kappa shape index (κ2) is 9.58. The van der Waals surface area contributed by atoms with E-state index >= 15 is 0 Å². The Hall–Kier alpha value is -2.44. The van der Waals surface area contributed by atoms with Crippen LogP contribution in [0.4, 0.5) is 4.79 Å². The lowest BCUT2D eigenvalue weighted by Gasteiger charge is -2.41. The molecule has 30 heavy (non-hydrogen) atoms. The summed E-state index contributed by atoms with van der Waals surface area (Å²) in [6.07, 6.45) is 2.88. The van der Waals surface area contributed by atoms with Crippen LogP contribution in [-0.4, -0.2) is 48.3 Å². The molecule has 3 atom stereocenters. The first kappa shape index (κ1) is 22.2. The van der Waals surface area contributed by atoms with E-state index in [1.165, 1.54) is 19.6 Å². The lowest BCUT2D eigenvalue weighted by molar-refractivity contribution is -0.130. The maximum atomic E-state index is 12.6. The van der Waals surface area contributed by atoms with Gasteiger partial charge in [0.2, 0.25) is 5.91 Å². The van der Waals surface area contributed by atoms with Crippen molar-refractivity contribution in [1.29, 1.82) is 0 Å². The second-order valence-electron chi connectivity index (χ2n) is 9.07. The molecule has 0 unspecified atom stereocenters. The molecule has 2 aliphatic rings. The van der Waals surface area contributed by atoms with Gasteiger partial charge in [-0.25, -0.2) is 4.79 Å². The molecule has 7 nitrogen and oxygen atoms in total. The summed E-state index contributed by atoms with van der Waals surface area (Å²) >= 11 is 0. The lowest BCUT2D eigenvalue weighted by Crippen LogP contribution is -2.56. The number of methoxy groups -OCH3 is 1. The zero-order valence-electron chi connectivity index (χ0n) is 18.4. The molecule has 2 fully saturated rings. The first-order chi connectivity index (χ1) is 14.3. The van der Waals surface area contributed by atoms with E-state index in [2.05, 4.69) is 26.1 Å². The molecule has 0 spiro atoms. The summed E-state index contributed by atoms with van der Waals surface area (Å²) < 4.78 is 10.9. The first-order valence-electron chi connectivity index (χ1n) is 10.9. The molecule has 2 N–H and O–H groups in total. The molecule has 0 bridgehead atoms. The van der Waals surface area contributed by atoms with Crippen LogP contribution in [-0.2, 0) is 16.1 Å². The van der Waals surface area contributed by atoms with Crippen LogP contribution in [0.3, 0.4) is 0 Å². The van der Waals surface area contributed by atoms with Crippen LogP contribution >= 0.6 is 0 Å². The van der Waals surface area contributed by atoms with Crippen molar-refractivity contribution >= 4 is 12.0 Å². The van der Waals surface area contributed by atoms with Gasteiger partial charge in [-0.3, -0.25) is 4.79 Å². The third kappa shape index (κ3) is 5.18. The van der Waals surface area contributed by atoms with Crippen LogP contribution in [0.1, 0.15) is 45.6 Å². The first-order valence-corrected chi connectivity index (χ1v) is 10.9. The van der Waals surface area contributed by atoms with Gasteiger partial charge in [0.25, 0.3) is 0 Å². The minimum atomic E-state index is -0.299. The Bertz CT molecular complexity index is 760. The van der Waals surface area contributed by atoms with E-state index in [-0.39, 0.29) is 29.8 Å². The summed E-state index contributed by atoms with van der Waals surface area (Å²) in [5, 5.41) is 12.5. The predicted octanol–water partition coefficient (Wildman–Crippen LogP) is 3.55. The molecule has 1 aliphatic carbocycles. The number of hydrogen-bond donors (Lipinski definition) is 2. The third-order valence-corrected chi connectivity index (χ3v) is 6.43. The highest BCUT2D eigenvalue weighted by atomic mass is 16.6. The number of ether oxygens (including phenoxy) is 2. The molecule has 1 aliphatic heterocycles. The number of aromatic hydroxyl groups is 1. The van der Waals surface area contributed by atoms with Gasteiger partial charge in [-0.1, -0.05) is 33.3 Å². The van der Waals surface area contributed by atoms with Crippen molar-refractivity contribution in [2.24, 2.45) is 23.7 Å². The SMILES string of the molecule is COc1cc(CNC(=O)C2CN(C(=O)O[C@@H]3C[C@H](C)CC[C@H]3C(C)C)C2)ccc1O. The van der Waals surface area contributed by atoms with E-state index in [0.29, 0.717) is 43.1 Å². The molecule has 3 rings (SSSR count). The molecular formula is C23H34N2O5. The van der Waals surface area contributed by atoms with Gasteiger partial charge in [0.05, 0.1) is 13.0 Å². The molecule has 166 valence electrons. The zero-order valence-corrected chi connectivity index (χ0v) is 18.4. The number of rotatable bonds is 6. The normalized spacial score (nSPS) is 24.3. The fourth-order valence-electron chi connectivity index (χ4n) is 4.41. The number of carbonyl (C=O) groups is 2. The number of nitrogens with one attached hydrogen (secondary N) is 1. The number of phenols is 1. The third-order valence-electron chi connectivity index (χ3n) is 6.43. The molecule has 1 aromatic rings. The van der Waals surface area contributed by atoms with Crippen molar-refractivity contribution in [3.8, 4) is 11.5 Å². The number of phenolic OH excluding ortho intramolecular Hbond substituents is 1. The minimum absolute atomic E-state index is 0.0291. The van der Waals surface area contributed by atoms with E-state index in [1.807, 2.05) is 0 Å². The monoisotopic (exact) mass is 418 g/mol. The molecular weight excluding hydrogens is 384 g/mol. The topological polar surface area (TPSA) is 88.1 Å². The number of hydrogen-bond acceptors (Lipinski definition) is 5. The van der Waals surface area contributed by atoms with Crippen LogP contribution in [0, 0.1) is 23.7 Å². The molecule has 1 aromatic carbocycles. The Labute approximate surface area is 178 Å². The maximum Gasteiger partial charge on any atom is 0.410 e. The van der Waals surface area contributed by atoms with E-state index < -0.39 is 0 Å². The molecule has 7 heteroatoms. The van der Waals surface area contributed by atoms with E-state index in [0.717, 1.165) is 18.4 Å². The van der Waals surface area contributed by atoms with E-state index in [4.69, 9.17) is 9.47 Å². The summed E-state index contributed by atoms with van der Waals surface area (Å²) in [4.78, 5) is 26.6. The van der Waals surface area contributed by atoms with Crippen molar-refractivity contribution in [3.05, 3.63) is 23.8 Å².